The maximum Gasteiger partial charge on any atom is 0.309 e. The van der Waals surface area contributed by atoms with E-state index < -0.39 is 0 Å². The highest BCUT2D eigenvalue weighted by Crippen LogP contribution is 2.34. The summed E-state index contributed by atoms with van der Waals surface area (Å²) in [6, 6.07) is 0. The van der Waals surface area contributed by atoms with Gasteiger partial charge < -0.3 is 4.74 Å². The lowest BCUT2D eigenvalue weighted by Crippen LogP contribution is -2.30. The number of esters is 1. The highest BCUT2D eigenvalue weighted by atomic mass is 16.5. The van der Waals surface area contributed by atoms with Crippen LogP contribution in [0.4, 0.5) is 0 Å². The van der Waals surface area contributed by atoms with E-state index in [0.717, 1.165) is 37.5 Å². The van der Waals surface area contributed by atoms with Crippen LogP contribution < -0.4 is 0 Å². The van der Waals surface area contributed by atoms with Gasteiger partial charge in [0.15, 0.2) is 0 Å². The molecule has 2 aliphatic carbocycles. The number of rotatable bonds is 7. The van der Waals surface area contributed by atoms with E-state index in [9.17, 15) is 4.79 Å². The largest absolute Gasteiger partial charge is 0.462 e. The number of unbranched alkanes of at least 4 members (excludes halogenated alkanes) is 1. The van der Waals surface area contributed by atoms with E-state index in [1.807, 2.05) is 0 Å². The van der Waals surface area contributed by atoms with E-state index >= 15 is 0 Å². The third-order valence-corrected chi connectivity index (χ3v) is 5.92. The van der Waals surface area contributed by atoms with Crippen molar-refractivity contribution in [2.24, 2.45) is 17.8 Å². The second-order valence-electron chi connectivity index (χ2n) is 7.73. The van der Waals surface area contributed by atoms with Crippen LogP contribution in [-0.4, -0.2) is 12.1 Å². The van der Waals surface area contributed by atoms with Crippen LogP contribution in [0.3, 0.4) is 0 Å². The number of hydrogen-bond acceptors (Lipinski definition) is 2. The normalized spacial score (nSPS) is 32.6. The molecule has 0 spiro atoms. The standard InChI is InChI=1S/C20H36O2/c1-3-5-7-17-10-14-19(15-11-17)22-20(21)18-12-8-16(6-4-2)9-13-18/h16-19H,3-15H2,1-2H3. The van der Waals surface area contributed by atoms with Gasteiger partial charge in [-0.25, -0.2) is 0 Å². The molecule has 2 rings (SSSR count). The lowest BCUT2D eigenvalue weighted by molar-refractivity contribution is -0.157. The van der Waals surface area contributed by atoms with Gasteiger partial charge in [-0.2, -0.15) is 0 Å². The Morgan fingerprint density at radius 2 is 1.41 bits per heavy atom. The summed E-state index contributed by atoms with van der Waals surface area (Å²) >= 11 is 0. The zero-order chi connectivity index (χ0) is 15.8. The van der Waals surface area contributed by atoms with Crippen molar-refractivity contribution in [1.82, 2.24) is 0 Å². The summed E-state index contributed by atoms with van der Waals surface area (Å²) < 4.78 is 5.84. The molecule has 0 heterocycles. The first-order chi connectivity index (χ1) is 10.7. The fourth-order valence-electron chi connectivity index (χ4n) is 4.39. The van der Waals surface area contributed by atoms with E-state index in [1.165, 1.54) is 57.8 Å². The molecule has 0 bridgehead atoms. The predicted octanol–water partition coefficient (Wildman–Crippen LogP) is 5.89. The second-order valence-corrected chi connectivity index (χ2v) is 7.73. The molecule has 0 aromatic rings. The van der Waals surface area contributed by atoms with Crippen molar-refractivity contribution in [2.75, 3.05) is 0 Å². The summed E-state index contributed by atoms with van der Waals surface area (Å²) in [5, 5.41) is 0. The summed E-state index contributed by atoms with van der Waals surface area (Å²) in [4.78, 5) is 12.4. The van der Waals surface area contributed by atoms with Gasteiger partial charge in [-0.1, -0.05) is 46.0 Å². The Bertz CT molecular complexity index is 310. The summed E-state index contributed by atoms with van der Waals surface area (Å²) in [6.45, 7) is 4.53. The summed E-state index contributed by atoms with van der Waals surface area (Å²) in [5.41, 5.74) is 0. The molecule has 2 heteroatoms. The molecule has 0 radical (unpaired) electrons. The molecule has 128 valence electrons. The lowest BCUT2D eigenvalue weighted by atomic mass is 9.80. The molecule has 2 nitrogen and oxygen atoms in total. The Balaban J connectivity index is 1.64. The molecule has 2 fully saturated rings. The SMILES string of the molecule is CCCCC1CCC(OC(=O)C2CCC(CCC)CC2)CC1. The van der Waals surface area contributed by atoms with E-state index in [1.54, 1.807) is 0 Å². The van der Waals surface area contributed by atoms with E-state index in [-0.39, 0.29) is 18.0 Å². The highest BCUT2D eigenvalue weighted by Gasteiger charge is 2.30. The Morgan fingerprint density at radius 3 is 2.00 bits per heavy atom. The third-order valence-electron chi connectivity index (χ3n) is 5.92. The smallest absolute Gasteiger partial charge is 0.309 e. The predicted molar refractivity (Wildman–Crippen MR) is 91.7 cm³/mol. The monoisotopic (exact) mass is 308 g/mol. The zero-order valence-electron chi connectivity index (χ0n) is 14.8. The van der Waals surface area contributed by atoms with Gasteiger partial charge >= 0.3 is 5.97 Å². The van der Waals surface area contributed by atoms with Crippen molar-refractivity contribution in [3.05, 3.63) is 0 Å². The molecular formula is C20H36O2. The molecule has 0 aromatic heterocycles. The van der Waals surface area contributed by atoms with Crippen LogP contribution in [0.1, 0.15) is 97.3 Å². The van der Waals surface area contributed by atoms with Crippen LogP contribution in [0.2, 0.25) is 0 Å². The molecule has 0 aliphatic heterocycles. The zero-order valence-corrected chi connectivity index (χ0v) is 14.8. The van der Waals surface area contributed by atoms with E-state index in [2.05, 4.69) is 13.8 Å². The van der Waals surface area contributed by atoms with Gasteiger partial charge in [0.1, 0.15) is 6.10 Å². The van der Waals surface area contributed by atoms with Crippen LogP contribution >= 0.6 is 0 Å². The van der Waals surface area contributed by atoms with Gasteiger partial charge in [0, 0.05) is 0 Å². The van der Waals surface area contributed by atoms with Gasteiger partial charge in [0.2, 0.25) is 0 Å². The molecule has 0 aromatic carbocycles. The number of hydrogen-bond donors (Lipinski definition) is 0. The summed E-state index contributed by atoms with van der Waals surface area (Å²) in [7, 11) is 0. The third kappa shape index (κ3) is 5.59. The fraction of sp³-hybridized carbons (Fsp3) is 0.950. The molecular weight excluding hydrogens is 272 g/mol. The van der Waals surface area contributed by atoms with E-state index in [4.69, 9.17) is 4.74 Å². The van der Waals surface area contributed by atoms with Crippen LogP contribution in [0.25, 0.3) is 0 Å². The lowest BCUT2D eigenvalue weighted by Gasteiger charge is -2.31. The Kier molecular flexibility index (Phi) is 7.75. The second kappa shape index (κ2) is 9.57. The number of ether oxygens (including phenoxy) is 1. The maximum absolute atomic E-state index is 12.4. The van der Waals surface area contributed by atoms with Crippen molar-refractivity contribution >= 4 is 5.97 Å². The summed E-state index contributed by atoms with van der Waals surface area (Å²) in [6.07, 6.45) is 16.2. The van der Waals surface area contributed by atoms with Crippen molar-refractivity contribution in [2.45, 2.75) is 103 Å². The Morgan fingerprint density at radius 1 is 0.818 bits per heavy atom. The van der Waals surface area contributed by atoms with Crippen LogP contribution in [-0.2, 0) is 9.53 Å². The topological polar surface area (TPSA) is 26.3 Å². The minimum Gasteiger partial charge on any atom is -0.462 e. The van der Waals surface area contributed by atoms with Gasteiger partial charge in [-0.05, 0) is 63.2 Å². The van der Waals surface area contributed by atoms with Crippen LogP contribution in [0.5, 0.6) is 0 Å². The molecule has 2 saturated carbocycles. The quantitative estimate of drug-likeness (QED) is 0.548. The fourth-order valence-corrected chi connectivity index (χ4v) is 4.39. The van der Waals surface area contributed by atoms with Crippen molar-refractivity contribution in [3.8, 4) is 0 Å². The maximum atomic E-state index is 12.4. The first-order valence-electron chi connectivity index (χ1n) is 9.93. The van der Waals surface area contributed by atoms with Gasteiger partial charge in [0.25, 0.3) is 0 Å². The molecule has 0 atom stereocenters. The van der Waals surface area contributed by atoms with Crippen molar-refractivity contribution in [1.29, 1.82) is 0 Å². The number of carbonyl (C=O) groups is 1. The molecule has 0 saturated heterocycles. The highest BCUT2D eigenvalue weighted by molar-refractivity contribution is 5.72. The average Bonchev–Trinajstić information content (AvgIpc) is 2.55. The first-order valence-corrected chi connectivity index (χ1v) is 9.93. The molecule has 22 heavy (non-hydrogen) atoms. The van der Waals surface area contributed by atoms with Crippen molar-refractivity contribution in [3.63, 3.8) is 0 Å². The molecule has 2 aliphatic rings. The van der Waals surface area contributed by atoms with Gasteiger partial charge in [-0.15, -0.1) is 0 Å². The van der Waals surface area contributed by atoms with Gasteiger partial charge in [0.05, 0.1) is 5.92 Å². The minimum atomic E-state index is 0.118. The van der Waals surface area contributed by atoms with Gasteiger partial charge in [-0.3, -0.25) is 4.79 Å². The van der Waals surface area contributed by atoms with Crippen molar-refractivity contribution < 1.29 is 9.53 Å². The molecule has 0 unspecified atom stereocenters. The first kappa shape index (κ1) is 17.8. The minimum absolute atomic E-state index is 0.118. The Hall–Kier alpha value is -0.530. The van der Waals surface area contributed by atoms with Crippen LogP contribution in [0, 0.1) is 17.8 Å². The molecule has 0 N–H and O–H groups in total. The molecule has 0 amide bonds. The van der Waals surface area contributed by atoms with Crippen LogP contribution in [0.15, 0.2) is 0 Å². The summed E-state index contributed by atoms with van der Waals surface area (Å²) in [5.74, 6) is 2.07. The van der Waals surface area contributed by atoms with E-state index in [0.29, 0.717) is 0 Å². The average molecular weight is 309 g/mol. The number of carbonyl (C=O) groups excluding carboxylic acids is 1. The Labute approximate surface area is 137 Å².